The molecule has 7 heteroatoms. The minimum atomic E-state index is -0.471. The molecule has 0 aliphatic rings. The van der Waals surface area contributed by atoms with Gasteiger partial charge in [0.05, 0.1) is 12.4 Å². The van der Waals surface area contributed by atoms with Gasteiger partial charge in [0.15, 0.2) is 11.5 Å². The van der Waals surface area contributed by atoms with Crippen LogP contribution in [0.25, 0.3) is 11.5 Å². The Labute approximate surface area is 137 Å². The molecular formula is C17H15FN2O4. The third-order valence-electron chi connectivity index (χ3n) is 3.46. The number of nitrogens with one attached hydrogen (secondary N) is 1. The Morgan fingerprint density at radius 1 is 1.29 bits per heavy atom. The van der Waals surface area contributed by atoms with Crippen molar-refractivity contribution in [3.8, 4) is 11.5 Å². The van der Waals surface area contributed by atoms with Crippen LogP contribution in [0.15, 0.2) is 57.7 Å². The van der Waals surface area contributed by atoms with E-state index < -0.39 is 12.0 Å². The van der Waals surface area contributed by atoms with Crippen LogP contribution in [0.3, 0.4) is 0 Å². The van der Waals surface area contributed by atoms with Gasteiger partial charge in [-0.25, -0.2) is 4.39 Å². The molecule has 0 saturated carbocycles. The molecule has 1 amide bonds. The van der Waals surface area contributed by atoms with E-state index in [2.05, 4.69) is 10.5 Å². The number of hydrogen-bond donors (Lipinski definition) is 1. The lowest BCUT2D eigenvalue weighted by Gasteiger charge is -2.16. The number of aromatic nitrogens is 1. The van der Waals surface area contributed by atoms with Gasteiger partial charge in [-0.15, -0.1) is 0 Å². The molecule has 0 saturated heterocycles. The summed E-state index contributed by atoms with van der Waals surface area (Å²) in [7, 11) is 1.49. The monoisotopic (exact) mass is 330 g/mol. The van der Waals surface area contributed by atoms with Gasteiger partial charge in [0.25, 0.3) is 5.91 Å². The molecule has 24 heavy (non-hydrogen) atoms. The average Bonchev–Trinajstić information content (AvgIpc) is 3.26. The Bertz CT molecular complexity index is 814. The van der Waals surface area contributed by atoms with Crippen LogP contribution in [-0.2, 0) is 4.74 Å². The molecule has 0 bridgehead atoms. The first-order valence-corrected chi connectivity index (χ1v) is 7.24. The molecule has 1 aromatic carbocycles. The molecule has 2 heterocycles. The zero-order chi connectivity index (χ0) is 16.9. The zero-order valence-corrected chi connectivity index (χ0v) is 12.9. The van der Waals surface area contributed by atoms with Gasteiger partial charge in [-0.3, -0.25) is 4.79 Å². The molecule has 0 fully saturated rings. The molecule has 124 valence electrons. The number of methoxy groups -OCH3 is 1. The highest BCUT2D eigenvalue weighted by Crippen LogP contribution is 2.21. The summed E-state index contributed by atoms with van der Waals surface area (Å²) in [4.78, 5) is 12.2. The molecule has 1 N–H and O–H groups in total. The van der Waals surface area contributed by atoms with Crippen molar-refractivity contribution in [2.24, 2.45) is 0 Å². The lowest BCUT2D eigenvalue weighted by atomic mass is 10.1. The SMILES string of the molecule is CO[C@@H](CNC(=O)c1cc(-c2ccco2)on1)c1cccc(F)c1. The maximum Gasteiger partial charge on any atom is 0.273 e. The van der Waals surface area contributed by atoms with Crippen LogP contribution in [0, 0.1) is 5.82 Å². The second kappa shape index (κ2) is 7.10. The fraction of sp³-hybridized carbons (Fsp3) is 0.176. The van der Waals surface area contributed by atoms with Crippen molar-refractivity contribution in [2.75, 3.05) is 13.7 Å². The lowest BCUT2D eigenvalue weighted by Crippen LogP contribution is -2.29. The molecule has 6 nitrogen and oxygen atoms in total. The molecule has 2 aromatic heterocycles. The molecule has 0 aliphatic heterocycles. The Morgan fingerprint density at radius 3 is 2.88 bits per heavy atom. The minimum absolute atomic E-state index is 0.121. The van der Waals surface area contributed by atoms with Crippen molar-refractivity contribution in [3.63, 3.8) is 0 Å². The van der Waals surface area contributed by atoms with Gasteiger partial charge in [-0.05, 0) is 29.8 Å². The highest BCUT2D eigenvalue weighted by Gasteiger charge is 2.17. The maximum absolute atomic E-state index is 13.3. The van der Waals surface area contributed by atoms with E-state index in [-0.39, 0.29) is 18.1 Å². The first-order valence-electron chi connectivity index (χ1n) is 7.24. The van der Waals surface area contributed by atoms with Crippen molar-refractivity contribution in [1.29, 1.82) is 0 Å². The smallest absolute Gasteiger partial charge is 0.273 e. The maximum atomic E-state index is 13.3. The van der Waals surface area contributed by atoms with E-state index in [1.165, 1.54) is 31.6 Å². The van der Waals surface area contributed by atoms with Gasteiger partial charge >= 0.3 is 0 Å². The fourth-order valence-electron chi connectivity index (χ4n) is 2.24. The number of benzene rings is 1. The van der Waals surface area contributed by atoms with Gasteiger partial charge in [0, 0.05) is 19.7 Å². The van der Waals surface area contributed by atoms with E-state index in [1.54, 1.807) is 24.3 Å². The zero-order valence-electron chi connectivity index (χ0n) is 12.9. The van der Waals surface area contributed by atoms with Crippen LogP contribution in [-0.4, -0.2) is 24.7 Å². The summed E-state index contributed by atoms with van der Waals surface area (Å²) in [5.41, 5.74) is 0.754. The summed E-state index contributed by atoms with van der Waals surface area (Å²) in [5.74, 6) is 0.0603. The van der Waals surface area contributed by atoms with E-state index in [9.17, 15) is 9.18 Å². The van der Waals surface area contributed by atoms with Gasteiger partial charge in [0.1, 0.15) is 5.82 Å². The second-order valence-electron chi connectivity index (χ2n) is 5.04. The highest BCUT2D eigenvalue weighted by molar-refractivity contribution is 5.92. The van der Waals surface area contributed by atoms with E-state index in [4.69, 9.17) is 13.7 Å². The summed E-state index contributed by atoms with van der Waals surface area (Å²) < 4.78 is 28.8. The second-order valence-corrected chi connectivity index (χ2v) is 5.04. The Balaban J connectivity index is 1.64. The quantitative estimate of drug-likeness (QED) is 0.751. The number of carbonyl (C=O) groups excluding carboxylic acids is 1. The third-order valence-corrected chi connectivity index (χ3v) is 3.46. The van der Waals surface area contributed by atoms with Crippen molar-refractivity contribution in [1.82, 2.24) is 10.5 Å². The molecule has 0 unspecified atom stereocenters. The van der Waals surface area contributed by atoms with Crippen LogP contribution >= 0.6 is 0 Å². The molecule has 3 rings (SSSR count). The number of halogens is 1. The summed E-state index contributed by atoms with van der Waals surface area (Å²) in [5, 5.41) is 6.40. The summed E-state index contributed by atoms with van der Waals surface area (Å²) in [6.45, 7) is 0.168. The number of ether oxygens (including phenoxy) is 1. The van der Waals surface area contributed by atoms with Crippen LogP contribution < -0.4 is 5.32 Å². The van der Waals surface area contributed by atoms with Crippen LogP contribution in [0.1, 0.15) is 22.2 Å². The van der Waals surface area contributed by atoms with E-state index in [0.29, 0.717) is 17.1 Å². The van der Waals surface area contributed by atoms with Gasteiger partial charge < -0.3 is 19.0 Å². The summed E-state index contributed by atoms with van der Waals surface area (Å²) in [6.07, 6.45) is 1.03. The van der Waals surface area contributed by atoms with Gasteiger partial charge in [0.2, 0.25) is 5.76 Å². The van der Waals surface area contributed by atoms with Crippen LogP contribution in [0.5, 0.6) is 0 Å². The highest BCUT2D eigenvalue weighted by atomic mass is 19.1. The topological polar surface area (TPSA) is 77.5 Å². The average molecular weight is 330 g/mol. The van der Waals surface area contributed by atoms with E-state index >= 15 is 0 Å². The predicted molar refractivity (Wildman–Crippen MR) is 82.7 cm³/mol. The minimum Gasteiger partial charge on any atom is -0.461 e. The van der Waals surface area contributed by atoms with Crippen molar-refractivity contribution >= 4 is 5.91 Å². The number of amides is 1. The number of hydrogen-bond acceptors (Lipinski definition) is 5. The molecule has 0 spiro atoms. The number of rotatable bonds is 6. The van der Waals surface area contributed by atoms with Gasteiger partial charge in [-0.2, -0.15) is 0 Å². The molecule has 3 aromatic rings. The largest absolute Gasteiger partial charge is 0.461 e. The predicted octanol–water partition coefficient (Wildman–Crippen LogP) is 3.19. The van der Waals surface area contributed by atoms with Crippen LogP contribution in [0.4, 0.5) is 4.39 Å². The first-order chi connectivity index (χ1) is 11.7. The molecule has 0 radical (unpaired) electrons. The molecular weight excluding hydrogens is 315 g/mol. The van der Waals surface area contributed by atoms with Crippen molar-refractivity contribution in [3.05, 3.63) is 65.8 Å². The summed E-state index contributed by atoms with van der Waals surface area (Å²) in [6, 6.07) is 10.9. The molecule has 0 aliphatic carbocycles. The van der Waals surface area contributed by atoms with E-state index in [1.807, 2.05) is 0 Å². The Kier molecular flexibility index (Phi) is 4.72. The van der Waals surface area contributed by atoms with Crippen molar-refractivity contribution < 1.29 is 22.9 Å². The standard InChI is InChI=1S/C17H15FN2O4/c1-22-16(11-4-2-5-12(18)8-11)10-19-17(21)13-9-15(24-20-13)14-6-3-7-23-14/h2-9,16H,10H2,1H3,(H,19,21)/t16-/m0/s1. The summed E-state index contributed by atoms with van der Waals surface area (Å²) >= 11 is 0. The fourth-order valence-corrected chi connectivity index (χ4v) is 2.24. The first kappa shape index (κ1) is 15.9. The number of nitrogens with zero attached hydrogens (tertiary/aromatic N) is 1. The van der Waals surface area contributed by atoms with E-state index in [0.717, 1.165) is 0 Å². The number of carbonyl (C=O) groups is 1. The van der Waals surface area contributed by atoms with Crippen LogP contribution in [0.2, 0.25) is 0 Å². The number of furan rings is 1. The molecule has 1 atom stereocenters. The Hall–Kier alpha value is -2.93. The van der Waals surface area contributed by atoms with Gasteiger partial charge in [-0.1, -0.05) is 17.3 Å². The Morgan fingerprint density at radius 2 is 2.17 bits per heavy atom. The normalized spacial score (nSPS) is 12.1. The third kappa shape index (κ3) is 3.52. The lowest BCUT2D eigenvalue weighted by molar-refractivity contribution is 0.0820. The van der Waals surface area contributed by atoms with Crippen molar-refractivity contribution in [2.45, 2.75) is 6.10 Å².